The van der Waals surface area contributed by atoms with Gasteiger partial charge in [0.25, 0.3) is 0 Å². The monoisotopic (exact) mass is 738 g/mol. The second-order valence-electron chi connectivity index (χ2n) is 13.2. The summed E-state index contributed by atoms with van der Waals surface area (Å²) < 4.78 is 0. The highest BCUT2D eigenvalue weighted by Gasteiger charge is 2.18. The second kappa shape index (κ2) is 26.5. The molecule has 15 nitrogen and oxygen atoms in total. The lowest BCUT2D eigenvalue weighted by molar-refractivity contribution is -0.121. The number of carbonyl (C=O) groups is 1. The van der Waals surface area contributed by atoms with Crippen molar-refractivity contribution < 1.29 is 55.9 Å². The van der Waals surface area contributed by atoms with E-state index in [1.165, 1.54) is 42.5 Å². The van der Waals surface area contributed by atoms with E-state index in [0.29, 0.717) is 24.8 Å². The standard InChI is InChI=1S/C37H62N4O11/c1-2-25(42)19-27(44)7-3-11-31(48)22-34(51)23-32(49)12-5-10-29(46)20-28(45)8-4-9-30(47)21-33(50)13-6-18-40-37(39)41-36(52)35(38)24-14-16-26(43)17-15-24/h3-5,7-8,12,14-17,25,27-35,42-51H,2,6,9-11,13,18-23,38H2,1H3,(H3,39,40,41,52). The van der Waals surface area contributed by atoms with Crippen molar-refractivity contribution in [1.29, 1.82) is 0 Å². The Kier molecular flexibility index (Phi) is 23.9. The first kappa shape index (κ1) is 46.8. The molecule has 0 saturated heterocycles. The number of guanidine groups is 1. The van der Waals surface area contributed by atoms with Gasteiger partial charge in [0.05, 0.1) is 54.9 Å². The average Bonchev–Trinajstić information content (AvgIpc) is 3.06. The largest absolute Gasteiger partial charge is 0.508 e. The van der Waals surface area contributed by atoms with Crippen LogP contribution in [0.1, 0.15) is 89.2 Å². The van der Waals surface area contributed by atoms with Gasteiger partial charge in [-0.25, -0.2) is 0 Å². The molecule has 1 amide bonds. The number of amides is 1. The SMILES string of the molecule is CCC(O)CC(O)C=CCC(O)CC(O)CC(O)C=CCC(O)CC(O)C=CCC(O)CC(O)CCCN=C(N)NC(=O)C(N)c1ccc(O)cc1. The average molecular weight is 739 g/mol. The Morgan fingerprint density at radius 3 is 1.63 bits per heavy atom. The molecule has 1 rings (SSSR count). The van der Waals surface area contributed by atoms with Crippen molar-refractivity contribution in [3.63, 3.8) is 0 Å². The predicted molar refractivity (Wildman–Crippen MR) is 198 cm³/mol. The summed E-state index contributed by atoms with van der Waals surface area (Å²) >= 11 is 0. The summed E-state index contributed by atoms with van der Waals surface area (Å²) in [5.74, 6) is -0.641. The Hall–Kier alpha value is -3.22. The van der Waals surface area contributed by atoms with Crippen molar-refractivity contribution in [3.8, 4) is 5.75 Å². The highest BCUT2D eigenvalue weighted by molar-refractivity contribution is 5.98. The molecule has 0 saturated carbocycles. The summed E-state index contributed by atoms with van der Waals surface area (Å²) in [6, 6.07) is 4.87. The fourth-order valence-corrected chi connectivity index (χ4v) is 5.15. The number of phenolic OH excluding ortho intramolecular Hbond substituents is 1. The van der Waals surface area contributed by atoms with Crippen LogP contribution < -0.4 is 16.8 Å². The van der Waals surface area contributed by atoms with Gasteiger partial charge in [0.1, 0.15) is 11.8 Å². The highest BCUT2D eigenvalue weighted by Crippen LogP contribution is 2.16. The molecule has 15 heteroatoms. The van der Waals surface area contributed by atoms with Gasteiger partial charge in [0.2, 0.25) is 5.91 Å². The van der Waals surface area contributed by atoms with Crippen molar-refractivity contribution in [1.82, 2.24) is 5.32 Å². The van der Waals surface area contributed by atoms with Gasteiger partial charge in [-0.2, -0.15) is 0 Å². The van der Waals surface area contributed by atoms with Crippen LogP contribution in [0, 0.1) is 0 Å². The van der Waals surface area contributed by atoms with E-state index >= 15 is 0 Å². The first-order valence-corrected chi connectivity index (χ1v) is 17.9. The molecular formula is C37H62N4O11. The van der Waals surface area contributed by atoms with Gasteiger partial charge >= 0.3 is 0 Å². The van der Waals surface area contributed by atoms with E-state index in [0.717, 1.165) is 0 Å². The number of hydrogen-bond acceptors (Lipinski definition) is 13. The number of aliphatic imine (C=N–C) groups is 1. The summed E-state index contributed by atoms with van der Waals surface area (Å²) in [6.45, 7) is 2.03. The number of nitrogens with two attached hydrogens (primary N) is 2. The van der Waals surface area contributed by atoms with Crippen molar-refractivity contribution in [2.24, 2.45) is 16.5 Å². The van der Waals surface area contributed by atoms with Gasteiger partial charge in [-0.3, -0.25) is 15.1 Å². The highest BCUT2D eigenvalue weighted by atomic mass is 16.3. The van der Waals surface area contributed by atoms with E-state index in [1.54, 1.807) is 18.2 Å². The number of nitrogens with zero attached hydrogens (tertiary/aromatic N) is 1. The van der Waals surface area contributed by atoms with Crippen LogP contribution in [0.2, 0.25) is 0 Å². The van der Waals surface area contributed by atoms with Gasteiger partial charge in [0, 0.05) is 25.8 Å². The fourth-order valence-electron chi connectivity index (χ4n) is 5.15. The minimum atomic E-state index is -1.01. The summed E-state index contributed by atoms with van der Waals surface area (Å²) in [7, 11) is 0. The summed E-state index contributed by atoms with van der Waals surface area (Å²) in [6.07, 6.45) is 3.30. The molecule has 0 aliphatic rings. The van der Waals surface area contributed by atoms with Crippen molar-refractivity contribution in [2.45, 2.75) is 139 Å². The molecular weight excluding hydrogens is 676 g/mol. The molecule has 0 aliphatic carbocycles. The number of carbonyl (C=O) groups excluding carboxylic acids is 1. The predicted octanol–water partition coefficient (Wildman–Crippen LogP) is 0.0506. The third-order valence-electron chi connectivity index (χ3n) is 8.16. The molecule has 0 spiro atoms. The lowest BCUT2D eigenvalue weighted by atomic mass is 10.0. The molecule has 10 atom stereocenters. The van der Waals surface area contributed by atoms with E-state index in [4.69, 9.17) is 11.5 Å². The number of nitrogens with one attached hydrogen (secondary N) is 1. The Balaban J connectivity index is 2.25. The van der Waals surface area contributed by atoms with Crippen LogP contribution in [0.3, 0.4) is 0 Å². The molecule has 52 heavy (non-hydrogen) atoms. The number of hydrogen-bond donors (Lipinski definition) is 13. The third kappa shape index (κ3) is 22.7. The van der Waals surface area contributed by atoms with Gasteiger partial charge in [-0.1, -0.05) is 55.5 Å². The fraction of sp³-hybridized carbons (Fsp3) is 0.622. The molecule has 0 heterocycles. The lowest BCUT2D eigenvalue weighted by Crippen LogP contribution is -2.42. The van der Waals surface area contributed by atoms with Crippen LogP contribution in [-0.2, 0) is 4.79 Å². The Morgan fingerprint density at radius 1 is 0.692 bits per heavy atom. The normalized spacial score (nSPS) is 18.6. The third-order valence-corrected chi connectivity index (χ3v) is 8.16. The smallest absolute Gasteiger partial charge is 0.248 e. The lowest BCUT2D eigenvalue weighted by Gasteiger charge is -2.17. The van der Waals surface area contributed by atoms with Crippen LogP contribution in [0.25, 0.3) is 0 Å². The van der Waals surface area contributed by atoms with E-state index in [9.17, 15) is 55.9 Å². The van der Waals surface area contributed by atoms with Crippen LogP contribution in [-0.4, -0.2) is 124 Å². The molecule has 0 aliphatic heterocycles. The van der Waals surface area contributed by atoms with Crippen LogP contribution in [0.4, 0.5) is 0 Å². The summed E-state index contributed by atoms with van der Waals surface area (Å²) in [5, 5.41) is 102. The van der Waals surface area contributed by atoms with E-state index < -0.39 is 66.9 Å². The Morgan fingerprint density at radius 2 is 1.13 bits per heavy atom. The number of phenols is 1. The number of aliphatic hydroxyl groups excluding tert-OH is 9. The maximum absolute atomic E-state index is 12.3. The van der Waals surface area contributed by atoms with Crippen LogP contribution in [0.5, 0.6) is 5.75 Å². The maximum atomic E-state index is 12.3. The molecule has 1 aromatic carbocycles. The summed E-state index contributed by atoms with van der Waals surface area (Å²) in [4.78, 5) is 16.3. The topological polar surface area (TPSA) is 296 Å². The second-order valence-corrected chi connectivity index (χ2v) is 13.2. The van der Waals surface area contributed by atoms with Crippen molar-refractivity contribution in [2.75, 3.05) is 6.54 Å². The zero-order valence-electron chi connectivity index (χ0n) is 30.0. The van der Waals surface area contributed by atoms with E-state index in [1.807, 2.05) is 6.92 Å². The minimum absolute atomic E-state index is 0.0109. The van der Waals surface area contributed by atoms with Gasteiger partial charge in [0.15, 0.2) is 5.96 Å². The van der Waals surface area contributed by atoms with Crippen molar-refractivity contribution >= 4 is 11.9 Å². The maximum Gasteiger partial charge on any atom is 0.248 e. The van der Waals surface area contributed by atoms with E-state index in [-0.39, 0.29) is 69.6 Å². The molecule has 15 N–H and O–H groups in total. The van der Waals surface area contributed by atoms with Crippen LogP contribution in [0.15, 0.2) is 65.7 Å². The Labute approximate surface area is 306 Å². The van der Waals surface area contributed by atoms with Gasteiger partial charge in [-0.05, 0) is 69.1 Å². The minimum Gasteiger partial charge on any atom is -0.508 e. The molecule has 296 valence electrons. The molecule has 0 bridgehead atoms. The quantitative estimate of drug-likeness (QED) is 0.0259. The molecule has 10 unspecified atom stereocenters. The molecule has 0 radical (unpaired) electrons. The number of rotatable bonds is 26. The first-order chi connectivity index (χ1) is 24.6. The first-order valence-electron chi connectivity index (χ1n) is 17.9. The molecule has 0 fully saturated rings. The number of aliphatic hydroxyl groups is 9. The van der Waals surface area contributed by atoms with Gasteiger partial charge in [-0.15, -0.1) is 0 Å². The molecule has 1 aromatic rings. The zero-order chi connectivity index (χ0) is 39.1. The Bertz CT molecular complexity index is 1230. The molecule has 0 aromatic heterocycles. The van der Waals surface area contributed by atoms with Crippen molar-refractivity contribution in [3.05, 3.63) is 66.3 Å². The van der Waals surface area contributed by atoms with Gasteiger partial charge < -0.3 is 62.5 Å². The van der Waals surface area contributed by atoms with E-state index in [2.05, 4.69) is 10.3 Å². The summed E-state index contributed by atoms with van der Waals surface area (Å²) in [5.41, 5.74) is 12.1. The number of aromatic hydroxyl groups is 1. The van der Waals surface area contributed by atoms with Crippen LogP contribution >= 0.6 is 0 Å². The zero-order valence-corrected chi connectivity index (χ0v) is 30.0. The number of benzene rings is 1.